The summed E-state index contributed by atoms with van der Waals surface area (Å²) in [6, 6.07) is 15.5. The zero-order chi connectivity index (χ0) is 16.2. The first-order chi connectivity index (χ1) is 11.1. The maximum Gasteiger partial charge on any atom is 0.261 e. The molecule has 0 spiro atoms. The number of hydrogen-bond acceptors (Lipinski definition) is 2. The molecule has 0 heterocycles. The van der Waals surface area contributed by atoms with Gasteiger partial charge in [-0.05, 0) is 49.4 Å². The molecule has 0 bridgehead atoms. The molecule has 2 aromatic carbocycles. The zero-order valence-electron chi connectivity index (χ0n) is 13.1. The molecule has 3 nitrogen and oxygen atoms in total. The van der Waals surface area contributed by atoms with Crippen LogP contribution in [0.2, 0.25) is 5.02 Å². The summed E-state index contributed by atoms with van der Waals surface area (Å²) < 4.78 is 5.69. The summed E-state index contributed by atoms with van der Waals surface area (Å²) in [5.74, 6) is 0.410. The van der Waals surface area contributed by atoms with Gasteiger partial charge in [0.15, 0.2) is 6.10 Å². The van der Waals surface area contributed by atoms with E-state index in [4.69, 9.17) is 16.3 Å². The maximum atomic E-state index is 12.5. The van der Waals surface area contributed by atoms with Crippen molar-refractivity contribution in [1.29, 1.82) is 0 Å². The third-order valence-electron chi connectivity index (χ3n) is 4.20. The maximum absolute atomic E-state index is 12.5. The molecular formula is C19H20ClNO2. The average Bonchev–Trinajstić information content (AvgIpc) is 2.57. The number of benzene rings is 2. The number of aryl methyl sites for hydroxylation is 1. The number of carbonyl (C=O) groups excluding carboxylic acids is 1. The number of ether oxygens (including phenoxy) is 1. The van der Waals surface area contributed by atoms with Crippen molar-refractivity contribution in [1.82, 2.24) is 5.32 Å². The molecule has 1 N–H and O–H groups in total. The smallest absolute Gasteiger partial charge is 0.261 e. The highest BCUT2D eigenvalue weighted by atomic mass is 35.5. The fourth-order valence-corrected chi connectivity index (χ4v) is 3.16. The molecule has 3 rings (SSSR count). The molecule has 2 atom stereocenters. The SMILES string of the molecule is C[C@H](Oc1ccccc1Cl)C(=O)N[C@@H]1CCCc2ccccc21. The number of amides is 1. The van der Waals surface area contributed by atoms with Crippen LogP contribution < -0.4 is 10.1 Å². The van der Waals surface area contributed by atoms with Crippen LogP contribution in [0.5, 0.6) is 5.75 Å². The van der Waals surface area contributed by atoms with Gasteiger partial charge in [0.25, 0.3) is 5.91 Å². The topological polar surface area (TPSA) is 38.3 Å². The van der Waals surface area contributed by atoms with Gasteiger partial charge in [0.2, 0.25) is 0 Å². The van der Waals surface area contributed by atoms with Crippen LogP contribution in [-0.2, 0) is 11.2 Å². The highest BCUT2D eigenvalue weighted by Gasteiger charge is 2.24. The lowest BCUT2D eigenvalue weighted by Gasteiger charge is -2.27. The van der Waals surface area contributed by atoms with Gasteiger partial charge in [0, 0.05) is 0 Å². The lowest BCUT2D eigenvalue weighted by Crippen LogP contribution is -2.39. The molecule has 1 aliphatic rings. The molecule has 1 aliphatic carbocycles. The summed E-state index contributed by atoms with van der Waals surface area (Å²) in [5, 5.41) is 3.62. The summed E-state index contributed by atoms with van der Waals surface area (Å²) >= 11 is 6.08. The highest BCUT2D eigenvalue weighted by molar-refractivity contribution is 6.32. The van der Waals surface area contributed by atoms with Gasteiger partial charge in [-0.25, -0.2) is 0 Å². The Labute approximate surface area is 141 Å². The van der Waals surface area contributed by atoms with E-state index in [1.165, 1.54) is 11.1 Å². The molecule has 120 valence electrons. The van der Waals surface area contributed by atoms with Gasteiger partial charge in [-0.15, -0.1) is 0 Å². The Hall–Kier alpha value is -2.00. The van der Waals surface area contributed by atoms with E-state index in [0.29, 0.717) is 10.8 Å². The highest BCUT2D eigenvalue weighted by Crippen LogP contribution is 2.30. The number of hydrogen-bond donors (Lipinski definition) is 1. The number of para-hydroxylation sites is 1. The second kappa shape index (κ2) is 7.05. The van der Waals surface area contributed by atoms with Crippen LogP contribution in [0.15, 0.2) is 48.5 Å². The number of carbonyl (C=O) groups is 1. The molecule has 0 fully saturated rings. The van der Waals surface area contributed by atoms with Crippen molar-refractivity contribution in [2.24, 2.45) is 0 Å². The normalized spacial score (nSPS) is 17.9. The molecular weight excluding hydrogens is 310 g/mol. The van der Waals surface area contributed by atoms with Crippen LogP contribution in [0.25, 0.3) is 0 Å². The van der Waals surface area contributed by atoms with Crippen molar-refractivity contribution >= 4 is 17.5 Å². The van der Waals surface area contributed by atoms with E-state index in [0.717, 1.165) is 19.3 Å². The Bertz CT molecular complexity index is 701. The molecule has 23 heavy (non-hydrogen) atoms. The van der Waals surface area contributed by atoms with Crippen LogP contribution >= 0.6 is 11.6 Å². The molecule has 0 saturated heterocycles. The van der Waals surface area contributed by atoms with E-state index >= 15 is 0 Å². The Morgan fingerprint density at radius 3 is 2.78 bits per heavy atom. The Morgan fingerprint density at radius 1 is 1.22 bits per heavy atom. The van der Waals surface area contributed by atoms with E-state index in [1.807, 2.05) is 24.3 Å². The summed E-state index contributed by atoms with van der Waals surface area (Å²) in [7, 11) is 0. The van der Waals surface area contributed by atoms with Crippen LogP contribution in [0, 0.1) is 0 Å². The van der Waals surface area contributed by atoms with Gasteiger partial charge in [0.1, 0.15) is 5.75 Å². The van der Waals surface area contributed by atoms with E-state index < -0.39 is 6.10 Å². The fraction of sp³-hybridized carbons (Fsp3) is 0.316. The summed E-state index contributed by atoms with van der Waals surface area (Å²) in [6.07, 6.45) is 2.53. The van der Waals surface area contributed by atoms with Gasteiger partial charge in [-0.2, -0.15) is 0 Å². The van der Waals surface area contributed by atoms with Crippen molar-refractivity contribution < 1.29 is 9.53 Å². The lowest BCUT2D eigenvalue weighted by molar-refractivity contribution is -0.128. The molecule has 0 saturated carbocycles. The first-order valence-electron chi connectivity index (χ1n) is 7.94. The molecule has 0 unspecified atom stereocenters. The molecule has 0 aromatic heterocycles. The minimum absolute atomic E-state index is 0.0599. The van der Waals surface area contributed by atoms with E-state index in [-0.39, 0.29) is 11.9 Å². The minimum atomic E-state index is -0.594. The quantitative estimate of drug-likeness (QED) is 0.908. The molecule has 0 radical (unpaired) electrons. The summed E-state index contributed by atoms with van der Waals surface area (Å²) in [6.45, 7) is 1.74. The van der Waals surface area contributed by atoms with E-state index in [9.17, 15) is 4.79 Å². The fourth-order valence-electron chi connectivity index (χ4n) is 2.98. The van der Waals surface area contributed by atoms with Gasteiger partial charge >= 0.3 is 0 Å². The van der Waals surface area contributed by atoms with Gasteiger partial charge in [-0.1, -0.05) is 48.0 Å². The zero-order valence-corrected chi connectivity index (χ0v) is 13.8. The lowest BCUT2D eigenvalue weighted by atomic mass is 9.87. The second-order valence-electron chi connectivity index (χ2n) is 5.84. The number of rotatable bonds is 4. The molecule has 2 aromatic rings. The predicted octanol–water partition coefficient (Wildman–Crippen LogP) is 4.30. The first kappa shape index (κ1) is 15.9. The molecule has 4 heteroatoms. The van der Waals surface area contributed by atoms with Crippen molar-refractivity contribution in [2.75, 3.05) is 0 Å². The van der Waals surface area contributed by atoms with Crippen LogP contribution in [0.4, 0.5) is 0 Å². The number of fused-ring (bicyclic) bond motifs is 1. The average molecular weight is 330 g/mol. The van der Waals surface area contributed by atoms with Crippen molar-refractivity contribution in [3.8, 4) is 5.75 Å². The summed E-state index contributed by atoms with van der Waals surface area (Å²) in [4.78, 5) is 12.5. The number of halogens is 1. The number of nitrogens with one attached hydrogen (secondary N) is 1. The third kappa shape index (κ3) is 3.67. The monoisotopic (exact) mass is 329 g/mol. The van der Waals surface area contributed by atoms with Gasteiger partial charge < -0.3 is 10.1 Å². The van der Waals surface area contributed by atoms with Crippen molar-refractivity contribution in [3.63, 3.8) is 0 Å². The van der Waals surface area contributed by atoms with Crippen LogP contribution in [0.3, 0.4) is 0 Å². The van der Waals surface area contributed by atoms with Crippen molar-refractivity contribution in [2.45, 2.75) is 38.3 Å². The Kier molecular flexibility index (Phi) is 4.87. The van der Waals surface area contributed by atoms with Crippen LogP contribution in [-0.4, -0.2) is 12.0 Å². The van der Waals surface area contributed by atoms with Crippen LogP contribution in [0.1, 0.15) is 36.9 Å². The van der Waals surface area contributed by atoms with E-state index in [2.05, 4.69) is 17.4 Å². The largest absolute Gasteiger partial charge is 0.479 e. The third-order valence-corrected chi connectivity index (χ3v) is 4.51. The minimum Gasteiger partial charge on any atom is -0.479 e. The van der Waals surface area contributed by atoms with Crippen molar-refractivity contribution in [3.05, 3.63) is 64.7 Å². The second-order valence-corrected chi connectivity index (χ2v) is 6.25. The van der Waals surface area contributed by atoms with Gasteiger partial charge in [-0.3, -0.25) is 4.79 Å². The Morgan fingerprint density at radius 2 is 1.96 bits per heavy atom. The Balaban J connectivity index is 1.67. The predicted molar refractivity (Wildman–Crippen MR) is 91.8 cm³/mol. The summed E-state index contributed by atoms with van der Waals surface area (Å²) in [5.41, 5.74) is 2.54. The molecule has 0 aliphatic heterocycles. The standard InChI is InChI=1S/C19H20ClNO2/c1-13(23-18-12-5-4-10-16(18)20)19(22)21-17-11-6-8-14-7-2-3-9-15(14)17/h2-5,7,9-10,12-13,17H,6,8,11H2,1H3,(H,21,22)/t13-,17+/m0/s1. The van der Waals surface area contributed by atoms with Gasteiger partial charge in [0.05, 0.1) is 11.1 Å². The molecule has 1 amide bonds. The first-order valence-corrected chi connectivity index (χ1v) is 8.32. The van der Waals surface area contributed by atoms with E-state index in [1.54, 1.807) is 19.1 Å².